The molecule has 0 unspecified atom stereocenters. The summed E-state index contributed by atoms with van der Waals surface area (Å²) in [5.74, 6) is 0. The maximum Gasteiger partial charge on any atom is 0.234 e. The molecule has 0 saturated heterocycles. The van der Waals surface area contributed by atoms with E-state index < -0.39 is 8.11 Å². The molecule has 0 aliphatic rings. The third-order valence-electron chi connectivity index (χ3n) is 2.76. The van der Waals surface area contributed by atoms with Crippen LogP contribution in [0.1, 0.15) is 11.1 Å². The zero-order valence-electron chi connectivity index (χ0n) is 9.50. The Kier molecular flexibility index (Phi) is 3.47. The van der Waals surface area contributed by atoms with E-state index in [9.17, 15) is 0 Å². The van der Waals surface area contributed by atoms with Gasteiger partial charge in [0.1, 0.15) is 0 Å². The summed E-state index contributed by atoms with van der Waals surface area (Å²) >= 11 is 6.64. The van der Waals surface area contributed by atoms with Gasteiger partial charge in [-0.05, 0) is 24.2 Å². The summed E-state index contributed by atoms with van der Waals surface area (Å²) in [5.41, 5.74) is 2.57. The van der Waals surface area contributed by atoms with Crippen molar-refractivity contribution in [3.05, 3.63) is 59.7 Å². The minimum absolute atomic E-state index is 1.13. The Balaban J connectivity index is 2.44. The number of hydrogen-bond donors (Lipinski definition) is 0. The van der Waals surface area contributed by atoms with Crippen LogP contribution in [0.25, 0.3) is 0 Å². The van der Waals surface area contributed by atoms with Crippen LogP contribution < -0.4 is 10.4 Å². The Bertz CT molecular complexity index is 448. The number of rotatable bonds is 2. The van der Waals surface area contributed by atoms with Gasteiger partial charge in [0.25, 0.3) is 0 Å². The molecule has 2 aromatic rings. The maximum absolute atomic E-state index is 6.64. The molecule has 0 N–H and O–H groups in total. The average Bonchev–Trinajstić information content (AvgIpc) is 2.29. The van der Waals surface area contributed by atoms with Gasteiger partial charge in [-0.2, -0.15) is 11.1 Å². The first-order valence-electron chi connectivity index (χ1n) is 5.34. The molecule has 2 rings (SSSR count). The number of hydrogen-bond acceptors (Lipinski definition) is 0. The first-order chi connectivity index (χ1) is 7.70. The van der Waals surface area contributed by atoms with E-state index in [4.69, 9.17) is 11.1 Å². The van der Waals surface area contributed by atoms with Crippen molar-refractivity contribution in [2.45, 2.75) is 13.8 Å². The highest BCUT2D eigenvalue weighted by Crippen LogP contribution is 2.03. The van der Waals surface area contributed by atoms with Crippen molar-refractivity contribution in [2.24, 2.45) is 0 Å². The molecule has 0 heterocycles. The molecule has 0 aliphatic carbocycles. The van der Waals surface area contributed by atoms with E-state index >= 15 is 0 Å². The van der Waals surface area contributed by atoms with E-state index in [2.05, 4.69) is 62.4 Å². The molecule has 1 radical (unpaired) electrons. The van der Waals surface area contributed by atoms with Crippen molar-refractivity contribution in [1.29, 1.82) is 0 Å². The molecule has 0 saturated carbocycles. The molecule has 0 aromatic heterocycles. The van der Waals surface area contributed by atoms with Crippen molar-refractivity contribution in [3.63, 3.8) is 0 Å². The second-order valence-electron chi connectivity index (χ2n) is 3.94. The molecule has 2 heteroatoms. The highest BCUT2D eigenvalue weighted by molar-refractivity contribution is 7.21. The van der Waals surface area contributed by atoms with Gasteiger partial charge in [-0.3, -0.25) is 0 Å². The third kappa shape index (κ3) is 2.21. The van der Waals surface area contributed by atoms with Gasteiger partial charge in [0.15, 0.2) is 0 Å². The fourth-order valence-corrected chi connectivity index (χ4v) is 4.69. The van der Waals surface area contributed by atoms with E-state index in [-0.39, 0.29) is 0 Å². The van der Waals surface area contributed by atoms with Gasteiger partial charge >= 0.3 is 0 Å². The predicted octanol–water partition coefficient (Wildman–Crippen LogP) is 2.65. The molecule has 0 atom stereocenters. The zero-order chi connectivity index (χ0) is 11.5. The van der Waals surface area contributed by atoms with E-state index in [1.807, 2.05) is 0 Å². The van der Waals surface area contributed by atoms with Crippen LogP contribution in [0.15, 0.2) is 48.5 Å². The summed E-state index contributed by atoms with van der Waals surface area (Å²) in [7, 11) is -1.13. The molecule has 0 aliphatic heterocycles. The van der Waals surface area contributed by atoms with E-state index in [0.717, 1.165) is 0 Å². The maximum atomic E-state index is 6.64. The van der Waals surface area contributed by atoms with Crippen LogP contribution in [-0.4, -0.2) is 8.11 Å². The van der Waals surface area contributed by atoms with Crippen LogP contribution >= 0.6 is 11.1 Å². The minimum Gasteiger partial charge on any atom is -0.156 e. The fraction of sp³-hybridized carbons (Fsp3) is 0.143. The highest BCUT2D eigenvalue weighted by Gasteiger charge is 2.17. The number of benzene rings is 2. The SMILES string of the molecule is Cc1ccccc1[Si](Cl)c1ccccc1C. The lowest BCUT2D eigenvalue weighted by Crippen LogP contribution is -2.39. The standard InChI is InChI=1S/C14H14ClSi/c1-11-7-3-5-9-13(11)16(15)14-10-6-4-8-12(14)2/h3-10H,1-2H3. The Labute approximate surface area is 103 Å². The van der Waals surface area contributed by atoms with Crippen molar-refractivity contribution in [2.75, 3.05) is 0 Å². The summed E-state index contributed by atoms with van der Waals surface area (Å²) in [6, 6.07) is 16.8. The van der Waals surface area contributed by atoms with Crippen LogP contribution in [0.3, 0.4) is 0 Å². The Morgan fingerprint density at radius 2 is 1.12 bits per heavy atom. The Morgan fingerprint density at radius 1 is 0.750 bits per heavy atom. The normalized spacial score (nSPS) is 10.8. The molecule has 16 heavy (non-hydrogen) atoms. The Hall–Kier alpha value is -1.05. The van der Waals surface area contributed by atoms with Crippen LogP contribution in [0.5, 0.6) is 0 Å². The second-order valence-corrected chi connectivity index (χ2v) is 6.78. The summed E-state index contributed by atoms with van der Waals surface area (Å²) < 4.78 is 0. The largest absolute Gasteiger partial charge is 0.234 e. The predicted molar refractivity (Wildman–Crippen MR) is 73.2 cm³/mol. The van der Waals surface area contributed by atoms with E-state index in [1.54, 1.807) is 0 Å². The van der Waals surface area contributed by atoms with E-state index in [0.29, 0.717) is 0 Å². The van der Waals surface area contributed by atoms with Crippen molar-refractivity contribution >= 4 is 29.6 Å². The summed E-state index contributed by atoms with van der Waals surface area (Å²) in [4.78, 5) is 0. The van der Waals surface area contributed by atoms with Gasteiger partial charge in [0.2, 0.25) is 8.11 Å². The van der Waals surface area contributed by atoms with Crippen LogP contribution in [0.4, 0.5) is 0 Å². The van der Waals surface area contributed by atoms with Crippen LogP contribution in [0.2, 0.25) is 0 Å². The smallest absolute Gasteiger partial charge is 0.156 e. The molecule has 0 spiro atoms. The summed E-state index contributed by atoms with van der Waals surface area (Å²) in [6.07, 6.45) is 0. The highest BCUT2D eigenvalue weighted by atomic mass is 35.6. The lowest BCUT2D eigenvalue weighted by Gasteiger charge is -2.12. The second kappa shape index (κ2) is 4.85. The first-order valence-corrected chi connectivity index (χ1v) is 7.86. The van der Waals surface area contributed by atoms with Gasteiger partial charge in [0.05, 0.1) is 0 Å². The van der Waals surface area contributed by atoms with Gasteiger partial charge < -0.3 is 0 Å². The third-order valence-corrected chi connectivity index (χ3v) is 6.05. The van der Waals surface area contributed by atoms with Gasteiger partial charge in [-0.15, -0.1) is 0 Å². The molecule has 0 fully saturated rings. The van der Waals surface area contributed by atoms with Gasteiger partial charge in [-0.1, -0.05) is 59.7 Å². The number of halogens is 1. The van der Waals surface area contributed by atoms with Crippen molar-refractivity contribution in [3.8, 4) is 0 Å². The van der Waals surface area contributed by atoms with Crippen LogP contribution in [-0.2, 0) is 0 Å². The topological polar surface area (TPSA) is 0 Å². The molecule has 0 nitrogen and oxygen atoms in total. The average molecular weight is 246 g/mol. The quantitative estimate of drug-likeness (QED) is 0.564. The Morgan fingerprint density at radius 3 is 1.50 bits per heavy atom. The number of aryl methyl sites for hydroxylation is 2. The lowest BCUT2D eigenvalue weighted by molar-refractivity contribution is 1.50. The zero-order valence-corrected chi connectivity index (χ0v) is 11.3. The molecule has 0 bridgehead atoms. The summed E-state index contributed by atoms with van der Waals surface area (Å²) in [6.45, 7) is 4.25. The summed E-state index contributed by atoms with van der Waals surface area (Å²) in [5, 5.41) is 2.59. The minimum atomic E-state index is -1.13. The van der Waals surface area contributed by atoms with Crippen molar-refractivity contribution in [1.82, 2.24) is 0 Å². The van der Waals surface area contributed by atoms with E-state index in [1.165, 1.54) is 21.5 Å². The molecular weight excluding hydrogens is 232 g/mol. The van der Waals surface area contributed by atoms with Crippen molar-refractivity contribution < 1.29 is 0 Å². The molecule has 81 valence electrons. The first kappa shape index (κ1) is 11.4. The molecule has 0 amide bonds. The molecular formula is C14H14ClSi. The monoisotopic (exact) mass is 245 g/mol. The fourth-order valence-electron chi connectivity index (χ4n) is 1.78. The molecule has 2 aromatic carbocycles. The van der Waals surface area contributed by atoms with Gasteiger partial charge in [0, 0.05) is 0 Å². The van der Waals surface area contributed by atoms with Gasteiger partial charge in [-0.25, -0.2) is 0 Å². The van der Waals surface area contributed by atoms with Crippen LogP contribution in [0, 0.1) is 13.8 Å². The lowest BCUT2D eigenvalue weighted by atomic mass is 10.2.